The third-order valence-corrected chi connectivity index (χ3v) is 2.12. The van der Waals surface area contributed by atoms with Gasteiger partial charge in [-0.05, 0) is 15.9 Å². The Kier molecular flexibility index (Phi) is 2.44. The molecule has 0 aliphatic carbocycles. The van der Waals surface area contributed by atoms with Crippen LogP contribution in [0.1, 0.15) is 11.9 Å². The summed E-state index contributed by atoms with van der Waals surface area (Å²) in [6, 6.07) is -0.560. The van der Waals surface area contributed by atoms with Crippen LogP contribution in [0.2, 0.25) is 0 Å². The first-order chi connectivity index (χ1) is 6.70. The van der Waals surface area contributed by atoms with Crippen molar-refractivity contribution in [2.75, 3.05) is 6.61 Å². The summed E-state index contributed by atoms with van der Waals surface area (Å²) in [6.45, 7) is -0.182. The van der Waals surface area contributed by atoms with Gasteiger partial charge >= 0.3 is 0 Å². The van der Waals surface area contributed by atoms with Gasteiger partial charge in [-0.1, -0.05) is 0 Å². The van der Waals surface area contributed by atoms with Gasteiger partial charge in [-0.15, -0.1) is 5.10 Å². The van der Waals surface area contributed by atoms with Gasteiger partial charge in [0.1, 0.15) is 0 Å². The predicted molar refractivity (Wildman–Crippen MR) is 52.5 cm³/mol. The lowest BCUT2D eigenvalue weighted by Gasteiger charge is -1.99. The highest BCUT2D eigenvalue weighted by Gasteiger charge is 2.11. The lowest BCUT2D eigenvalue weighted by molar-refractivity contribution is 0.263. The van der Waals surface area contributed by atoms with Crippen molar-refractivity contribution in [3.63, 3.8) is 0 Å². The Morgan fingerprint density at radius 1 is 1.64 bits per heavy atom. The molecule has 0 saturated heterocycles. The zero-order valence-corrected chi connectivity index (χ0v) is 8.72. The molecule has 0 amide bonds. The molecule has 0 fully saturated rings. The molecule has 0 spiro atoms. The van der Waals surface area contributed by atoms with Crippen LogP contribution in [0, 0.1) is 0 Å². The highest BCUT2D eigenvalue weighted by Crippen LogP contribution is 2.09. The monoisotopic (exact) mass is 257 g/mol. The molecule has 2 aromatic heterocycles. The fourth-order valence-corrected chi connectivity index (χ4v) is 1.31. The quantitative estimate of drug-likeness (QED) is 0.783. The highest BCUT2D eigenvalue weighted by molar-refractivity contribution is 9.10. The molecule has 2 rings (SSSR count). The minimum Gasteiger partial charge on any atom is -0.394 e. The Balaban J connectivity index is 2.51. The van der Waals surface area contributed by atoms with Crippen LogP contribution in [0.3, 0.4) is 0 Å². The maximum atomic E-state index is 8.82. The fourth-order valence-electron chi connectivity index (χ4n) is 1.01. The van der Waals surface area contributed by atoms with Crippen molar-refractivity contribution in [3.8, 4) is 0 Å². The molecule has 0 aliphatic rings. The van der Waals surface area contributed by atoms with E-state index in [1.165, 1.54) is 4.52 Å². The van der Waals surface area contributed by atoms with Gasteiger partial charge in [-0.2, -0.15) is 4.98 Å². The first-order valence-electron chi connectivity index (χ1n) is 3.95. The smallest absolute Gasteiger partial charge is 0.252 e. The van der Waals surface area contributed by atoms with E-state index in [9.17, 15) is 0 Å². The average molecular weight is 258 g/mol. The molecule has 3 N–H and O–H groups in total. The minimum atomic E-state index is -0.560. The maximum absolute atomic E-state index is 8.82. The Morgan fingerprint density at radius 3 is 3.14 bits per heavy atom. The van der Waals surface area contributed by atoms with Gasteiger partial charge in [-0.25, -0.2) is 9.50 Å². The molecule has 0 aliphatic heterocycles. The third-order valence-electron chi connectivity index (χ3n) is 1.71. The average Bonchev–Trinajstić information content (AvgIpc) is 2.59. The molecular weight excluding hydrogens is 250 g/mol. The Labute approximate surface area is 87.9 Å². The molecule has 2 aromatic rings. The van der Waals surface area contributed by atoms with Crippen molar-refractivity contribution < 1.29 is 5.11 Å². The molecule has 0 radical (unpaired) electrons. The van der Waals surface area contributed by atoms with Gasteiger partial charge in [0.05, 0.1) is 17.1 Å². The number of aliphatic hydroxyl groups excluding tert-OH is 1. The largest absolute Gasteiger partial charge is 0.394 e. The fraction of sp³-hybridized carbons (Fsp3) is 0.286. The van der Waals surface area contributed by atoms with Crippen molar-refractivity contribution in [3.05, 3.63) is 22.7 Å². The number of rotatable bonds is 2. The Hall–Kier alpha value is -1.05. The zero-order chi connectivity index (χ0) is 10.1. The number of nitrogens with two attached hydrogens (primary N) is 1. The molecule has 6 nitrogen and oxygen atoms in total. The molecule has 2 heterocycles. The van der Waals surface area contributed by atoms with Gasteiger partial charge in [-0.3, -0.25) is 0 Å². The van der Waals surface area contributed by atoms with Gasteiger partial charge in [0.15, 0.2) is 5.82 Å². The van der Waals surface area contributed by atoms with Gasteiger partial charge in [0.2, 0.25) is 0 Å². The van der Waals surface area contributed by atoms with Gasteiger partial charge in [0.25, 0.3) is 5.78 Å². The first-order valence-corrected chi connectivity index (χ1v) is 4.74. The molecule has 0 bridgehead atoms. The molecule has 1 atom stereocenters. The number of halogens is 1. The maximum Gasteiger partial charge on any atom is 0.252 e. The Morgan fingerprint density at radius 2 is 2.43 bits per heavy atom. The van der Waals surface area contributed by atoms with Crippen LogP contribution in [-0.2, 0) is 0 Å². The van der Waals surface area contributed by atoms with Crippen LogP contribution >= 0.6 is 15.9 Å². The van der Waals surface area contributed by atoms with Crippen LogP contribution in [-0.4, -0.2) is 31.3 Å². The number of hydrogen-bond acceptors (Lipinski definition) is 5. The molecule has 0 aromatic carbocycles. The van der Waals surface area contributed by atoms with Gasteiger partial charge < -0.3 is 10.8 Å². The van der Waals surface area contributed by atoms with E-state index in [0.717, 1.165) is 4.47 Å². The second-order valence-corrected chi connectivity index (χ2v) is 3.69. The van der Waals surface area contributed by atoms with E-state index in [4.69, 9.17) is 10.8 Å². The lowest BCUT2D eigenvalue weighted by Crippen LogP contribution is -2.16. The summed E-state index contributed by atoms with van der Waals surface area (Å²) in [4.78, 5) is 8.08. The van der Waals surface area contributed by atoms with E-state index >= 15 is 0 Å². The summed E-state index contributed by atoms with van der Waals surface area (Å²) in [5, 5.41) is 12.9. The standard InChI is InChI=1S/C7H8BrN5O/c8-4-1-10-7-11-6(5(9)3-14)12-13(7)2-4/h1-2,5,14H,3,9H2. The number of hydrogen-bond donors (Lipinski definition) is 2. The number of fused-ring (bicyclic) bond motifs is 1. The summed E-state index contributed by atoms with van der Waals surface area (Å²) in [5.74, 6) is 0.852. The Bertz CT molecular complexity index is 456. The lowest BCUT2D eigenvalue weighted by atomic mass is 10.3. The SMILES string of the molecule is NC(CO)c1nc2ncc(Br)cn2n1. The number of aliphatic hydroxyl groups is 1. The first kappa shape index (κ1) is 9.50. The second-order valence-electron chi connectivity index (χ2n) is 2.78. The molecule has 74 valence electrons. The number of nitrogens with zero attached hydrogens (tertiary/aromatic N) is 4. The van der Waals surface area contributed by atoms with Crippen molar-refractivity contribution in [2.45, 2.75) is 6.04 Å². The van der Waals surface area contributed by atoms with E-state index in [1.54, 1.807) is 12.4 Å². The molecule has 14 heavy (non-hydrogen) atoms. The zero-order valence-electron chi connectivity index (χ0n) is 7.13. The van der Waals surface area contributed by atoms with Crippen molar-refractivity contribution in [1.82, 2.24) is 19.6 Å². The summed E-state index contributed by atoms with van der Waals surface area (Å²) >= 11 is 3.26. The summed E-state index contributed by atoms with van der Waals surface area (Å²) in [6.07, 6.45) is 3.35. The van der Waals surface area contributed by atoms with Crippen molar-refractivity contribution in [1.29, 1.82) is 0 Å². The molecular formula is C7H8BrN5O. The van der Waals surface area contributed by atoms with E-state index < -0.39 is 6.04 Å². The highest BCUT2D eigenvalue weighted by atomic mass is 79.9. The summed E-state index contributed by atoms with van der Waals surface area (Å²) in [5.41, 5.74) is 5.57. The van der Waals surface area contributed by atoms with Crippen LogP contribution in [0.4, 0.5) is 0 Å². The van der Waals surface area contributed by atoms with E-state index in [2.05, 4.69) is 31.0 Å². The van der Waals surface area contributed by atoms with Gasteiger partial charge in [0, 0.05) is 12.4 Å². The number of aromatic nitrogens is 4. The minimum absolute atomic E-state index is 0.182. The van der Waals surface area contributed by atoms with Crippen LogP contribution < -0.4 is 5.73 Å². The summed E-state index contributed by atoms with van der Waals surface area (Å²) < 4.78 is 2.31. The molecule has 7 heteroatoms. The van der Waals surface area contributed by atoms with Crippen molar-refractivity contribution >= 4 is 21.7 Å². The van der Waals surface area contributed by atoms with E-state index in [0.29, 0.717) is 11.6 Å². The van der Waals surface area contributed by atoms with E-state index in [1.807, 2.05) is 0 Å². The van der Waals surface area contributed by atoms with Crippen LogP contribution in [0.15, 0.2) is 16.9 Å². The second kappa shape index (κ2) is 3.60. The molecule has 0 saturated carbocycles. The van der Waals surface area contributed by atoms with E-state index in [-0.39, 0.29) is 6.61 Å². The topological polar surface area (TPSA) is 89.3 Å². The van der Waals surface area contributed by atoms with Crippen molar-refractivity contribution in [2.24, 2.45) is 5.73 Å². The summed E-state index contributed by atoms with van der Waals surface area (Å²) in [7, 11) is 0. The van der Waals surface area contributed by atoms with Crippen LogP contribution in [0.5, 0.6) is 0 Å². The predicted octanol–water partition coefficient (Wildman–Crippen LogP) is -0.121. The van der Waals surface area contributed by atoms with Crippen LogP contribution in [0.25, 0.3) is 5.78 Å². The third kappa shape index (κ3) is 1.61. The molecule has 1 unspecified atom stereocenters. The normalized spacial score (nSPS) is 13.4.